The van der Waals surface area contributed by atoms with E-state index >= 15 is 0 Å². The second-order valence-electron chi connectivity index (χ2n) is 6.21. The Labute approximate surface area is 143 Å². The van der Waals surface area contributed by atoms with Gasteiger partial charge in [-0.05, 0) is 42.2 Å². The van der Waals surface area contributed by atoms with Crippen molar-refractivity contribution in [1.82, 2.24) is 0 Å². The quantitative estimate of drug-likeness (QED) is 0.323. The Morgan fingerprint density at radius 2 is 2.08 bits per heavy atom. The van der Waals surface area contributed by atoms with E-state index in [-0.39, 0.29) is 29.2 Å². The van der Waals surface area contributed by atoms with Crippen LogP contribution in [0.4, 0.5) is 4.39 Å². The lowest BCUT2D eigenvalue weighted by molar-refractivity contribution is 0.0733. The van der Waals surface area contributed by atoms with Gasteiger partial charge in [0.25, 0.3) is 0 Å². The van der Waals surface area contributed by atoms with Crippen LogP contribution in [0, 0.1) is 16.6 Å². The molecular weight excluding hydrogens is 331 g/mol. The predicted octanol–water partition coefficient (Wildman–Crippen LogP) is 2.95. The van der Waals surface area contributed by atoms with E-state index in [9.17, 15) is 14.3 Å². The SMILES string of the molecule is CC(C)(CO)Cc1ccc(C(=O)Oc2ccc(C(=N)N)cc2F)s1. The molecule has 0 saturated carbocycles. The maximum Gasteiger partial charge on any atom is 0.353 e. The number of rotatable bonds is 6. The average Bonchev–Trinajstić information content (AvgIpc) is 2.97. The Bertz CT molecular complexity index is 771. The summed E-state index contributed by atoms with van der Waals surface area (Å²) in [5, 5.41) is 16.6. The molecule has 2 rings (SSSR count). The molecule has 5 nitrogen and oxygen atoms in total. The zero-order valence-corrected chi connectivity index (χ0v) is 14.2. The van der Waals surface area contributed by atoms with E-state index in [1.807, 2.05) is 13.8 Å². The lowest BCUT2D eigenvalue weighted by atomic mass is 9.90. The number of ether oxygens (including phenoxy) is 1. The normalized spacial score (nSPS) is 11.3. The molecule has 0 aliphatic carbocycles. The number of esters is 1. The predicted molar refractivity (Wildman–Crippen MR) is 91.3 cm³/mol. The van der Waals surface area contributed by atoms with Crippen LogP contribution in [0.2, 0.25) is 0 Å². The minimum Gasteiger partial charge on any atom is -0.419 e. The Morgan fingerprint density at radius 1 is 1.38 bits per heavy atom. The van der Waals surface area contributed by atoms with Gasteiger partial charge in [-0.3, -0.25) is 5.41 Å². The van der Waals surface area contributed by atoms with Crippen LogP contribution < -0.4 is 10.5 Å². The number of nitrogen functional groups attached to an aromatic ring is 1. The molecule has 1 aromatic carbocycles. The summed E-state index contributed by atoms with van der Waals surface area (Å²) < 4.78 is 19.0. The zero-order valence-electron chi connectivity index (χ0n) is 13.4. The van der Waals surface area contributed by atoms with E-state index in [1.54, 1.807) is 12.1 Å². The number of hydrogen-bond donors (Lipinski definition) is 3. The molecule has 1 aromatic heterocycles. The summed E-state index contributed by atoms with van der Waals surface area (Å²) >= 11 is 1.25. The van der Waals surface area contributed by atoms with Gasteiger partial charge >= 0.3 is 5.97 Å². The number of nitrogens with one attached hydrogen (secondary N) is 1. The molecule has 0 spiro atoms. The first-order chi connectivity index (χ1) is 11.2. The van der Waals surface area contributed by atoms with Crippen LogP contribution in [0.1, 0.15) is 34.0 Å². The summed E-state index contributed by atoms with van der Waals surface area (Å²) in [6.45, 7) is 3.89. The number of hydrogen-bond acceptors (Lipinski definition) is 5. The van der Waals surface area contributed by atoms with Crippen LogP contribution in [0.25, 0.3) is 0 Å². The number of thiophene rings is 1. The number of aliphatic hydroxyl groups excluding tert-OH is 1. The van der Waals surface area contributed by atoms with Crippen LogP contribution in [-0.2, 0) is 6.42 Å². The standard InChI is InChI=1S/C17H19FN2O3S/c1-17(2,9-21)8-11-4-6-14(24-11)16(22)23-13-5-3-10(15(19)20)7-12(13)18/h3-7,21H,8-9H2,1-2H3,(H3,19,20). The van der Waals surface area contributed by atoms with Crippen LogP contribution >= 0.6 is 11.3 Å². The summed E-state index contributed by atoms with van der Waals surface area (Å²) in [7, 11) is 0. The number of aliphatic hydroxyl groups is 1. The molecule has 0 unspecified atom stereocenters. The smallest absolute Gasteiger partial charge is 0.353 e. The van der Waals surface area contributed by atoms with E-state index in [2.05, 4.69) is 0 Å². The minimum atomic E-state index is -0.755. The number of carbonyl (C=O) groups is 1. The highest BCUT2D eigenvalue weighted by molar-refractivity contribution is 7.13. The number of benzene rings is 1. The number of amidine groups is 1. The van der Waals surface area contributed by atoms with Gasteiger partial charge in [0, 0.05) is 17.0 Å². The van der Waals surface area contributed by atoms with Crippen LogP contribution in [0.3, 0.4) is 0 Å². The molecule has 7 heteroatoms. The summed E-state index contributed by atoms with van der Waals surface area (Å²) in [5.74, 6) is -1.88. The van der Waals surface area contributed by atoms with Gasteiger partial charge in [0.2, 0.25) is 0 Å². The topological polar surface area (TPSA) is 96.4 Å². The van der Waals surface area contributed by atoms with Crippen molar-refractivity contribution in [3.63, 3.8) is 0 Å². The third-order valence-electron chi connectivity index (χ3n) is 3.39. The van der Waals surface area contributed by atoms with E-state index in [4.69, 9.17) is 15.9 Å². The molecular formula is C17H19FN2O3S. The van der Waals surface area contributed by atoms with Crippen LogP contribution in [0.15, 0.2) is 30.3 Å². The first-order valence-corrected chi connectivity index (χ1v) is 8.09. The fraction of sp³-hybridized carbons (Fsp3) is 0.294. The zero-order chi connectivity index (χ0) is 17.9. The van der Waals surface area contributed by atoms with Crippen molar-refractivity contribution in [3.8, 4) is 5.75 Å². The van der Waals surface area contributed by atoms with Gasteiger partial charge in [-0.15, -0.1) is 11.3 Å². The highest BCUT2D eigenvalue weighted by Gasteiger charge is 2.20. The molecule has 0 bridgehead atoms. The Hall–Kier alpha value is -2.25. The molecule has 0 amide bonds. The monoisotopic (exact) mass is 350 g/mol. The van der Waals surface area contributed by atoms with Gasteiger partial charge in [0.15, 0.2) is 11.6 Å². The molecule has 0 aliphatic rings. The van der Waals surface area contributed by atoms with Gasteiger partial charge in [0.05, 0.1) is 0 Å². The van der Waals surface area contributed by atoms with Gasteiger partial charge < -0.3 is 15.6 Å². The minimum absolute atomic E-state index is 0.0401. The average molecular weight is 350 g/mol. The molecule has 4 N–H and O–H groups in total. The van der Waals surface area contributed by atoms with Crippen molar-refractivity contribution >= 4 is 23.1 Å². The lowest BCUT2D eigenvalue weighted by Crippen LogP contribution is -2.19. The Balaban J connectivity index is 2.11. The highest BCUT2D eigenvalue weighted by Crippen LogP contribution is 2.27. The summed E-state index contributed by atoms with van der Waals surface area (Å²) in [6.07, 6.45) is 0.628. The van der Waals surface area contributed by atoms with Crippen molar-refractivity contribution in [2.45, 2.75) is 20.3 Å². The molecule has 0 atom stereocenters. The fourth-order valence-corrected chi connectivity index (χ4v) is 3.15. The van der Waals surface area contributed by atoms with E-state index in [1.165, 1.54) is 23.5 Å². The Kier molecular flexibility index (Phi) is 5.36. The van der Waals surface area contributed by atoms with Crippen molar-refractivity contribution in [2.75, 3.05) is 6.61 Å². The van der Waals surface area contributed by atoms with E-state index < -0.39 is 11.8 Å². The first-order valence-electron chi connectivity index (χ1n) is 7.27. The third-order valence-corrected chi connectivity index (χ3v) is 4.45. The van der Waals surface area contributed by atoms with Gasteiger partial charge in [0.1, 0.15) is 10.7 Å². The van der Waals surface area contributed by atoms with Crippen molar-refractivity contribution in [2.24, 2.45) is 11.1 Å². The number of halogens is 1. The molecule has 24 heavy (non-hydrogen) atoms. The van der Waals surface area contributed by atoms with Crippen molar-refractivity contribution in [3.05, 3.63) is 51.5 Å². The molecule has 0 saturated heterocycles. The molecule has 1 heterocycles. The van der Waals surface area contributed by atoms with Gasteiger partial charge in [-0.25, -0.2) is 9.18 Å². The summed E-state index contributed by atoms with van der Waals surface area (Å²) in [4.78, 5) is 13.4. The van der Waals surface area contributed by atoms with Crippen molar-refractivity contribution in [1.29, 1.82) is 5.41 Å². The van der Waals surface area contributed by atoms with Crippen molar-refractivity contribution < 1.29 is 19.0 Å². The lowest BCUT2D eigenvalue weighted by Gasteiger charge is -2.20. The van der Waals surface area contributed by atoms with Crippen LogP contribution in [-0.4, -0.2) is 23.5 Å². The van der Waals surface area contributed by atoms with E-state index in [0.717, 1.165) is 10.9 Å². The fourth-order valence-electron chi connectivity index (χ4n) is 2.01. The largest absolute Gasteiger partial charge is 0.419 e. The molecule has 2 aromatic rings. The molecule has 0 radical (unpaired) electrons. The molecule has 128 valence electrons. The van der Waals surface area contributed by atoms with E-state index in [0.29, 0.717) is 11.3 Å². The van der Waals surface area contributed by atoms with Gasteiger partial charge in [-0.1, -0.05) is 13.8 Å². The third kappa shape index (κ3) is 4.39. The maximum atomic E-state index is 13.9. The number of carbonyl (C=O) groups excluding carboxylic acids is 1. The van der Waals surface area contributed by atoms with Gasteiger partial charge in [-0.2, -0.15) is 0 Å². The molecule has 0 fully saturated rings. The summed E-state index contributed by atoms with van der Waals surface area (Å²) in [5.41, 5.74) is 5.22. The first kappa shape index (κ1) is 18.1. The van der Waals surface area contributed by atoms with Crippen LogP contribution in [0.5, 0.6) is 5.75 Å². The molecule has 0 aliphatic heterocycles. The number of nitrogens with two attached hydrogens (primary N) is 1. The summed E-state index contributed by atoms with van der Waals surface area (Å²) in [6, 6.07) is 7.16. The Morgan fingerprint density at radius 3 is 2.67 bits per heavy atom. The highest BCUT2D eigenvalue weighted by atomic mass is 32.1. The second kappa shape index (κ2) is 7.11. The maximum absolute atomic E-state index is 13.9. The second-order valence-corrected chi connectivity index (χ2v) is 7.38.